The van der Waals surface area contributed by atoms with Crippen molar-refractivity contribution >= 4 is 17.3 Å². The van der Waals surface area contributed by atoms with Crippen molar-refractivity contribution in [1.29, 1.82) is 0 Å². The van der Waals surface area contributed by atoms with Gasteiger partial charge in [0.15, 0.2) is 0 Å². The first-order valence-electron chi connectivity index (χ1n) is 6.04. The molecule has 0 aromatic heterocycles. The Labute approximate surface area is 111 Å². The Morgan fingerprint density at radius 1 is 1.16 bits per heavy atom. The molecule has 2 rings (SSSR count). The molecule has 0 radical (unpaired) electrons. The van der Waals surface area contributed by atoms with E-state index in [9.17, 15) is 9.18 Å². The smallest absolute Gasteiger partial charge is 0.224 e. The third-order valence-electron chi connectivity index (χ3n) is 2.76. The number of carbonyl (C=O) groups excluding carboxylic acids is 1. The van der Waals surface area contributed by atoms with Gasteiger partial charge in [0.05, 0.1) is 5.69 Å². The van der Waals surface area contributed by atoms with Gasteiger partial charge in [-0.2, -0.15) is 0 Å². The van der Waals surface area contributed by atoms with E-state index in [2.05, 4.69) is 5.32 Å². The van der Waals surface area contributed by atoms with E-state index in [0.717, 1.165) is 5.56 Å². The summed E-state index contributed by atoms with van der Waals surface area (Å²) in [5.41, 5.74) is 7.08. The fraction of sp³-hybridized carbons (Fsp3) is 0.133. The minimum absolute atomic E-state index is 0.0286. The predicted molar refractivity (Wildman–Crippen MR) is 74.2 cm³/mol. The van der Waals surface area contributed by atoms with Crippen molar-refractivity contribution in [1.82, 2.24) is 0 Å². The number of hydrogen-bond acceptors (Lipinski definition) is 2. The maximum absolute atomic E-state index is 13.0. The van der Waals surface area contributed by atoms with Crippen LogP contribution in [0.1, 0.15) is 12.0 Å². The van der Waals surface area contributed by atoms with Crippen molar-refractivity contribution in [2.45, 2.75) is 12.8 Å². The van der Waals surface area contributed by atoms with E-state index in [1.54, 1.807) is 0 Å². The van der Waals surface area contributed by atoms with Crippen molar-refractivity contribution in [3.8, 4) is 0 Å². The van der Waals surface area contributed by atoms with E-state index in [-0.39, 0.29) is 11.6 Å². The molecule has 2 aromatic carbocycles. The van der Waals surface area contributed by atoms with Crippen LogP contribution in [-0.2, 0) is 11.2 Å². The summed E-state index contributed by atoms with van der Waals surface area (Å²) < 4.78 is 13.0. The van der Waals surface area contributed by atoms with Crippen LogP contribution < -0.4 is 11.1 Å². The molecule has 3 nitrogen and oxygen atoms in total. The van der Waals surface area contributed by atoms with Gasteiger partial charge in [-0.1, -0.05) is 30.3 Å². The van der Waals surface area contributed by atoms with Crippen LogP contribution in [-0.4, -0.2) is 5.91 Å². The second-order valence-corrected chi connectivity index (χ2v) is 4.27. The number of nitrogen functional groups attached to an aromatic ring is 1. The quantitative estimate of drug-likeness (QED) is 0.828. The maximum atomic E-state index is 13.0. The highest BCUT2D eigenvalue weighted by Gasteiger charge is 2.05. The number of benzene rings is 2. The Morgan fingerprint density at radius 2 is 1.89 bits per heavy atom. The van der Waals surface area contributed by atoms with Crippen molar-refractivity contribution in [3.05, 3.63) is 59.9 Å². The van der Waals surface area contributed by atoms with E-state index < -0.39 is 5.82 Å². The molecule has 0 heterocycles. The Kier molecular flexibility index (Phi) is 4.13. The summed E-state index contributed by atoms with van der Waals surface area (Å²) in [7, 11) is 0. The Morgan fingerprint density at radius 3 is 2.58 bits per heavy atom. The molecule has 0 saturated carbocycles. The Hall–Kier alpha value is -2.36. The summed E-state index contributed by atoms with van der Waals surface area (Å²) in [6.45, 7) is 0. The van der Waals surface area contributed by atoms with Gasteiger partial charge in [-0.05, 0) is 30.2 Å². The van der Waals surface area contributed by atoms with Gasteiger partial charge in [-0.3, -0.25) is 4.79 Å². The lowest BCUT2D eigenvalue weighted by Gasteiger charge is -2.06. The van der Waals surface area contributed by atoms with E-state index >= 15 is 0 Å². The molecule has 0 saturated heterocycles. The molecule has 3 N–H and O–H groups in total. The van der Waals surface area contributed by atoms with Crippen LogP contribution in [0.25, 0.3) is 0 Å². The summed E-state index contributed by atoms with van der Waals surface area (Å²) in [5.74, 6) is -0.600. The van der Waals surface area contributed by atoms with Gasteiger partial charge in [0, 0.05) is 12.1 Å². The van der Waals surface area contributed by atoms with Crippen LogP contribution in [0.2, 0.25) is 0 Å². The molecule has 0 aliphatic heterocycles. The largest absolute Gasteiger partial charge is 0.396 e. The monoisotopic (exact) mass is 258 g/mol. The molecule has 0 unspecified atom stereocenters. The van der Waals surface area contributed by atoms with Crippen molar-refractivity contribution < 1.29 is 9.18 Å². The van der Waals surface area contributed by atoms with Crippen LogP contribution in [0.3, 0.4) is 0 Å². The topological polar surface area (TPSA) is 55.1 Å². The van der Waals surface area contributed by atoms with Gasteiger partial charge < -0.3 is 11.1 Å². The number of carbonyl (C=O) groups is 1. The first-order valence-corrected chi connectivity index (χ1v) is 6.04. The van der Waals surface area contributed by atoms with Gasteiger partial charge in [-0.15, -0.1) is 0 Å². The summed E-state index contributed by atoms with van der Waals surface area (Å²) in [6.07, 6.45) is 1.05. The fourth-order valence-corrected chi connectivity index (χ4v) is 1.75. The Balaban J connectivity index is 1.89. The highest BCUT2D eigenvalue weighted by Crippen LogP contribution is 2.16. The van der Waals surface area contributed by atoms with E-state index in [1.165, 1.54) is 18.2 Å². The molecular formula is C15H15FN2O. The average Bonchev–Trinajstić information content (AvgIpc) is 2.42. The molecule has 0 aliphatic rings. The standard InChI is InChI=1S/C15H15FN2O/c16-13-8-7-12(10-14(13)17)18-15(19)9-6-11-4-2-1-3-5-11/h1-5,7-8,10H,6,9,17H2,(H,18,19). The first kappa shape index (κ1) is 13.1. The zero-order chi connectivity index (χ0) is 13.7. The van der Waals surface area contributed by atoms with Crippen LogP contribution in [0.5, 0.6) is 0 Å². The van der Waals surface area contributed by atoms with Crippen molar-refractivity contribution in [2.24, 2.45) is 0 Å². The van der Waals surface area contributed by atoms with Crippen LogP contribution >= 0.6 is 0 Å². The lowest BCUT2D eigenvalue weighted by Crippen LogP contribution is -2.12. The molecule has 19 heavy (non-hydrogen) atoms. The molecule has 4 heteroatoms. The fourth-order valence-electron chi connectivity index (χ4n) is 1.75. The highest BCUT2D eigenvalue weighted by atomic mass is 19.1. The molecule has 0 bridgehead atoms. The third-order valence-corrected chi connectivity index (χ3v) is 2.76. The number of aryl methyl sites for hydroxylation is 1. The lowest BCUT2D eigenvalue weighted by molar-refractivity contribution is -0.116. The summed E-state index contributed by atoms with van der Waals surface area (Å²) in [5, 5.41) is 2.69. The van der Waals surface area contributed by atoms with Gasteiger partial charge in [0.1, 0.15) is 5.82 Å². The predicted octanol–water partition coefficient (Wildman–Crippen LogP) is 2.98. The number of anilines is 2. The minimum atomic E-state index is -0.484. The number of hydrogen-bond donors (Lipinski definition) is 2. The van der Waals surface area contributed by atoms with E-state index in [4.69, 9.17) is 5.73 Å². The van der Waals surface area contributed by atoms with Crippen LogP contribution in [0.4, 0.5) is 15.8 Å². The minimum Gasteiger partial charge on any atom is -0.396 e. The first-order chi connectivity index (χ1) is 9.15. The SMILES string of the molecule is Nc1cc(NC(=O)CCc2ccccc2)ccc1F. The van der Waals surface area contributed by atoms with Crippen molar-refractivity contribution in [3.63, 3.8) is 0 Å². The average molecular weight is 258 g/mol. The van der Waals surface area contributed by atoms with Crippen LogP contribution in [0, 0.1) is 5.82 Å². The maximum Gasteiger partial charge on any atom is 0.224 e. The van der Waals surface area contributed by atoms with Gasteiger partial charge in [0.25, 0.3) is 0 Å². The lowest BCUT2D eigenvalue weighted by atomic mass is 10.1. The van der Waals surface area contributed by atoms with Gasteiger partial charge >= 0.3 is 0 Å². The number of amides is 1. The second kappa shape index (κ2) is 6.00. The highest BCUT2D eigenvalue weighted by molar-refractivity contribution is 5.91. The zero-order valence-electron chi connectivity index (χ0n) is 10.4. The number of rotatable bonds is 4. The van der Waals surface area contributed by atoms with Gasteiger partial charge in [0.2, 0.25) is 5.91 Å². The van der Waals surface area contributed by atoms with E-state index in [0.29, 0.717) is 18.5 Å². The Bertz CT molecular complexity index is 570. The summed E-state index contributed by atoms with van der Waals surface area (Å²) in [6, 6.07) is 13.9. The number of nitrogens with two attached hydrogens (primary N) is 1. The molecule has 0 aliphatic carbocycles. The van der Waals surface area contributed by atoms with Gasteiger partial charge in [-0.25, -0.2) is 4.39 Å². The molecular weight excluding hydrogens is 243 g/mol. The summed E-state index contributed by atoms with van der Waals surface area (Å²) in [4.78, 5) is 11.7. The number of halogens is 1. The zero-order valence-corrected chi connectivity index (χ0v) is 10.4. The normalized spacial score (nSPS) is 10.2. The van der Waals surface area contributed by atoms with Crippen molar-refractivity contribution in [2.75, 3.05) is 11.1 Å². The molecule has 98 valence electrons. The van der Waals surface area contributed by atoms with E-state index in [1.807, 2.05) is 30.3 Å². The molecule has 0 atom stereocenters. The summed E-state index contributed by atoms with van der Waals surface area (Å²) >= 11 is 0. The number of nitrogens with one attached hydrogen (secondary N) is 1. The molecule has 1 amide bonds. The molecule has 0 spiro atoms. The third kappa shape index (κ3) is 3.81. The molecule has 0 fully saturated rings. The molecule has 2 aromatic rings. The van der Waals surface area contributed by atoms with Crippen LogP contribution in [0.15, 0.2) is 48.5 Å². The second-order valence-electron chi connectivity index (χ2n) is 4.27.